The van der Waals surface area contributed by atoms with Gasteiger partial charge in [0.25, 0.3) is 5.91 Å². The van der Waals surface area contributed by atoms with Gasteiger partial charge in [-0.2, -0.15) is 0 Å². The number of fused-ring (bicyclic) bond motifs is 1. The largest absolute Gasteiger partial charge is 0.573 e. The van der Waals surface area contributed by atoms with E-state index >= 15 is 0 Å². The lowest BCUT2D eigenvalue weighted by Crippen LogP contribution is -2.17. The number of furan rings is 1. The van der Waals surface area contributed by atoms with E-state index in [1.807, 2.05) is 0 Å². The predicted octanol–water partition coefficient (Wildman–Crippen LogP) is 4.52. The molecule has 10 nitrogen and oxygen atoms in total. The Morgan fingerprint density at radius 1 is 1.18 bits per heavy atom. The van der Waals surface area contributed by atoms with Crippen LogP contribution in [-0.4, -0.2) is 38.4 Å². The SMILES string of the molecule is CC(=O)OCn1nnc(-c2cc3ccc(C(=O)Nc4ccc(OC(F)(F)F)c(Br)c4)cc3o2)n1. The fourth-order valence-corrected chi connectivity index (χ4v) is 3.28. The summed E-state index contributed by atoms with van der Waals surface area (Å²) in [4.78, 5) is 24.6. The predicted molar refractivity (Wildman–Crippen MR) is 114 cm³/mol. The standard InChI is InChI=1S/C20H13BrF3N5O5/c1-10(30)32-9-29-27-18(26-28-29)17-6-11-2-3-12(7-16(11)33-17)19(31)25-13-4-5-15(14(21)8-13)34-20(22,23)24/h2-8H,9H2,1H3,(H,25,31). The number of nitrogens with zero attached hydrogens (tertiary/aromatic N) is 4. The number of ether oxygens (including phenoxy) is 2. The summed E-state index contributed by atoms with van der Waals surface area (Å²) in [5, 5.41) is 14.9. The third-order valence-corrected chi connectivity index (χ3v) is 4.87. The van der Waals surface area contributed by atoms with Crippen molar-refractivity contribution in [2.75, 3.05) is 5.32 Å². The van der Waals surface area contributed by atoms with Gasteiger partial charge in [-0.15, -0.1) is 28.2 Å². The summed E-state index contributed by atoms with van der Waals surface area (Å²) in [6.07, 6.45) is -4.84. The summed E-state index contributed by atoms with van der Waals surface area (Å²) in [5.74, 6) is -1.01. The van der Waals surface area contributed by atoms with E-state index in [0.29, 0.717) is 11.0 Å². The minimum Gasteiger partial charge on any atom is -0.453 e. The van der Waals surface area contributed by atoms with E-state index in [-0.39, 0.29) is 34.0 Å². The minimum atomic E-state index is -4.84. The van der Waals surface area contributed by atoms with Gasteiger partial charge >= 0.3 is 12.3 Å². The summed E-state index contributed by atoms with van der Waals surface area (Å²) in [5.41, 5.74) is 0.862. The highest BCUT2D eigenvalue weighted by molar-refractivity contribution is 9.10. The van der Waals surface area contributed by atoms with Crippen molar-refractivity contribution in [3.8, 4) is 17.3 Å². The van der Waals surface area contributed by atoms with Crippen molar-refractivity contribution in [3.63, 3.8) is 0 Å². The molecule has 2 aromatic heterocycles. The van der Waals surface area contributed by atoms with Crippen LogP contribution in [0.3, 0.4) is 0 Å². The van der Waals surface area contributed by atoms with Gasteiger partial charge in [0.2, 0.25) is 12.6 Å². The van der Waals surface area contributed by atoms with E-state index in [4.69, 9.17) is 9.15 Å². The quantitative estimate of drug-likeness (QED) is 0.355. The highest BCUT2D eigenvalue weighted by Gasteiger charge is 2.32. The zero-order valence-electron chi connectivity index (χ0n) is 17.1. The molecule has 0 spiro atoms. The van der Waals surface area contributed by atoms with E-state index < -0.39 is 24.0 Å². The molecule has 4 aromatic rings. The molecule has 0 saturated heterocycles. The van der Waals surface area contributed by atoms with E-state index in [2.05, 4.69) is 41.4 Å². The number of tetrazole rings is 1. The molecule has 34 heavy (non-hydrogen) atoms. The molecule has 0 bridgehead atoms. The molecule has 0 aliphatic rings. The first-order valence-electron chi connectivity index (χ1n) is 9.39. The van der Waals surface area contributed by atoms with Gasteiger partial charge < -0.3 is 19.2 Å². The highest BCUT2D eigenvalue weighted by Crippen LogP contribution is 2.33. The Morgan fingerprint density at radius 3 is 2.68 bits per heavy atom. The monoisotopic (exact) mass is 539 g/mol. The molecule has 4 rings (SSSR count). The summed E-state index contributed by atoms with van der Waals surface area (Å²) in [7, 11) is 0. The number of carbonyl (C=O) groups excluding carboxylic acids is 2. The van der Waals surface area contributed by atoms with E-state index in [1.165, 1.54) is 25.1 Å². The van der Waals surface area contributed by atoms with Gasteiger partial charge in [-0.25, -0.2) is 0 Å². The third kappa shape index (κ3) is 5.51. The van der Waals surface area contributed by atoms with Crippen LogP contribution < -0.4 is 10.1 Å². The number of benzene rings is 2. The Kier molecular flexibility index (Phi) is 6.24. The maximum absolute atomic E-state index is 12.6. The number of aromatic nitrogens is 4. The van der Waals surface area contributed by atoms with E-state index in [9.17, 15) is 22.8 Å². The first-order valence-corrected chi connectivity index (χ1v) is 10.2. The van der Waals surface area contributed by atoms with Gasteiger partial charge in [0.1, 0.15) is 11.3 Å². The Balaban J connectivity index is 1.49. The van der Waals surface area contributed by atoms with Crippen molar-refractivity contribution in [2.24, 2.45) is 0 Å². The molecule has 1 N–H and O–H groups in total. The molecule has 0 atom stereocenters. The molecular formula is C20H13BrF3N5O5. The van der Waals surface area contributed by atoms with Gasteiger partial charge in [0.05, 0.1) is 4.47 Å². The molecule has 0 radical (unpaired) electrons. The van der Waals surface area contributed by atoms with Crippen LogP contribution in [0, 0.1) is 0 Å². The number of halogens is 4. The second kappa shape index (κ2) is 9.13. The first-order chi connectivity index (χ1) is 16.1. The van der Waals surface area contributed by atoms with Crippen molar-refractivity contribution in [3.05, 3.63) is 52.5 Å². The minimum absolute atomic E-state index is 0.0167. The lowest BCUT2D eigenvalue weighted by Gasteiger charge is -2.12. The topological polar surface area (TPSA) is 121 Å². The number of amides is 1. The Morgan fingerprint density at radius 2 is 1.97 bits per heavy atom. The first kappa shape index (κ1) is 23.2. The zero-order chi connectivity index (χ0) is 24.5. The molecular weight excluding hydrogens is 527 g/mol. The molecule has 1 amide bonds. The van der Waals surface area contributed by atoms with Crippen molar-refractivity contribution < 1.29 is 36.7 Å². The summed E-state index contributed by atoms with van der Waals surface area (Å²) >= 11 is 2.99. The number of alkyl halides is 3. The van der Waals surface area contributed by atoms with Crippen LogP contribution in [0.5, 0.6) is 5.75 Å². The average Bonchev–Trinajstić information content (AvgIpc) is 3.39. The molecule has 0 unspecified atom stereocenters. The molecule has 2 heterocycles. The number of rotatable bonds is 6. The lowest BCUT2D eigenvalue weighted by atomic mass is 10.1. The molecule has 0 aliphatic carbocycles. The van der Waals surface area contributed by atoms with Crippen LogP contribution in [0.2, 0.25) is 0 Å². The van der Waals surface area contributed by atoms with Crippen molar-refractivity contribution in [1.29, 1.82) is 0 Å². The highest BCUT2D eigenvalue weighted by atomic mass is 79.9. The van der Waals surface area contributed by atoms with Crippen molar-refractivity contribution in [1.82, 2.24) is 20.2 Å². The van der Waals surface area contributed by atoms with Crippen LogP contribution in [0.15, 0.2) is 51.4 Å². The van der Waals surface area contributed by atoms with Crippen molar-refractivity contribution >= 4 is 44.5 Å². The summed E-state index contributed by atoms with van der Waals surface area (Å²) < 4.78 is 51.6. The molecule has 2 aromatic carbocycles. The van der Waals surface area contributed by atoms with Crippen molar-refractivity contribution in [2.45, 2.75) is 20.0 Å². The molecule has 0 saturated carbocycles. The van der Waals surface area contributed by atoms with Gasteiger partial charge in [-0.3, -0.25) is 9.59 Å². The molecule has 14 heteroatoms. The Bertz CT molecular complexity index is 1380. The zero-order valence-corrected chi connectivity index (χ0v) is 18.7. The molecule has 176 valence electrons. The van der Waals surface area contributed by atoms with Crippen LogP contribution in [0.25, 0.3) is 22.6 Å². The molecule has 0 fully saturated rings. The summed E-state index contributed by atoms with van der Waals surface area (Å²) in [6, 6.07) is 9.99. The number of carbonyl (C=O) groups is 2. The normalized spacial score (nSPS) is 11.4. The van der Waals surface area contributed by atoms with Gasteiger partial charge in [0.15, 0.2) is 5.76 Å². The smallest absolute Gasteiger partial charge is 0.453 e. The molecule has 0 aliphatic heterocycles. The number of anilines is 1. The van der Waals surface area contributed by atoms with Crippen LogP contribution in [0.4, 0.5) is 18.9 Å². The summed E-state index contributed by atoms with van der Waals surface area (Å²) in [6.45, 7) is 1.05. The average molecular weight is 540 g/mol. The van der Waals surface area contributed by atoms with Gasteiger partial charge in [-0.1, -0.05) is 6.07 Å². The maximum Gasteiger partial charge on any atom is 0.573 e. The third-order valence-electron chi connectivity index (χ3n) is 4.25. The number of hydrogen-bond acceptors (Lipinski definition) is 8. The number of esters is 1. The van der Waals surface area contributed by atoms with Gasteiger partial charge in [-0.05, 0) is 57.5 Å². The maximum atomic E-state index is 12.6. The fraction of sp³-hybridized carbons (Fsp3) is 0.150. The number of hydrogen-bond donors (Lipinski definition) is 1. The fourth-order valence-electron chi connectivity index (χ4n) is 2.82. The lowest BCUT2D eigenvalue weighted by molar-refractivity contribution is -0.274. The van der Waals surface area contributed by atoms with E-state index in [1.54, 1.807) is 18.2 Å². The van der Waals surface area contributed by atoms with Crippen LogP contribution in [0.1, 0.15) is 17.3 Å². The van der Waals surface area contributed by atoms with Crippen LogP contribution in [-0.2, 0) is 16.3 Å². The second-order valence-electron chi connectivity index (χ2n) is 6.76. The van der Waals surface area contributed by atoms with Crippen LogP contribution >= 0.6 is 15.9 Å². The van der Waals surface area contributed by atoms with Gasteiger partial charge in [0, 0.05) is 23.6 Å². The Labute approximate surface area is 196 Å². The van der Waals surface area contributed by atoms with E-state index in [0.717, 1.165) is 10.9 Å². The number of nitrogens with one attached hydrogen (secondary N) is 1. The Hall–Kier alpha value is -3.94. The second-order valence-corrected chi connectivity index (χ2v) is 7.62.